The number of carbonyl (C=O) groups excluding carboxylic acids is 1. The molecule has 16 heavy (non-hydrogen) atoms. The molecular formula is C11H13N3O2. The Balaban J connectivity index is 2.34. The highest BCUT2D eigenvalue weighted by atomic mass is 16.5. The van der Waals surface area contributed by atoms with E-state index in [2.05, 4.69) is 10.3 Å². The first-order valence-electron chi connectivity index (χ1n) is 4.99. The minimum atomic E-state index is -0.837. The third-order valence-electron chi connectivity index (χ3n) is 2.62. The van der Waals surface area contributed by atoms with Gasteiger partial charge >= 0.3 is 5.97 Å². The molecule has 1 atom stereocenters. The normalized spacial score (nSPS) is 23.5. The zero-order valence-electron chi connectivity index (χ0n) is 9.25. The van der Waals surface area contributed by atoms with Crippen LogP contribution in [0.25, 0.3) is 0 Å². The third kappa shape index (κ3) is 1.54. The molecule has 84 valence electrons. The Morgan fingerprint density at radius 1 is 1.44 bits per heavy atom. The van der Waals surface area contributed by atoms with Crippen molar-refractivity contribution in [1.29, 1.82) is 0 Å². The van der Waals surface area contributed by atoms with Crippen LogP contribution in [-0.4, -0.2) is 25.2 Å². The second-order valence-electron chi connectivity index (χ2n) is 3.80. The van der Waals surface area contributed by atoms with Crippen molar-refractivity contribution in [2.45, 2.75) is 12.5 Å². The summed E-state index contributed by atoms with van der Waals surface area (Å²) in [6, 6.07) is 9.45. The predicted molar refractivity (Wildman–Crippen MR) is 59.1 cm³/mol. The van der Waals surface area contributed by atoms with Gasteiger partial charge in [0.2, 0.25) is 0 Å². The number of carbonyl (C=O) groups is 1. The van der Waals surface area contributed by atoms with Gasteiger partial charge in [-0.1, -0.05) is 23.4 Å². The van der Waals surface area contributed by atoms with E-state index in [0.717, 1.165) is 5.69 Å². The van der Waals surface area contributed by atoms with E-state index in [1.54, 1.807) is 11.9 Å². The quantitative estimate of drug-likeness (QED) is 0.713. The first kappa shape index (κ1) is 10.6. The maximum Gasteiger partial charge on any atom is 0.335 e. The van der Waals surface area contributed by atoms with Crippen molar-refractivity contribution in [3.63, 3.8) is 0 Å². The van der Waals surface area contributed by atoms with Crippen molar-refractivity contribution in [1.82, 2.24) is 0 Å². The molecule has 5 heteroatoms. The third-order valence-corrected chi connectivity index (χ3v) is 2.62. The fraction of sp³-hybridized carbons (Fsp3) is 0.364. The first-order chi connectivity index (χ1) is 7.68. The Bertz CT molecular complexity index is 418. The topological polar surface area (TPSA) is 54.3 Å². The molecule has 0 spiro atoms. The second-order valence-corrected chi connectivity index (χ2v) is 3.80. The Labute approximate surface area is 93.7 Å². The zero-order valence-corrected chi connectivity index (χ0v) is 9.25. The van der Waals surface area contributed by atoms with Gasteiger partial charge in [0.25, 0.3) is 0 Å². The van der Waals surface area contributed by atoms with Crippen LogP contribution in [0.5, 0.6) is 0 Å². The van der Waals surface area contributed by atoms with Crippen LogP contribution in [0.15, 0.2) is 40.7 Å². The minimum absolute atomic E-state index is 0.314. The fourth-order valence-corrected chi connectivity index (χ4v) is 1.67. The first-order valence-corrected chi connectivity index (χ1v) is 4.99. The lowest BCUT2D eigenvalue weighted by Crippen LogP contribution is -2.50. The molecule has 0 fully saturated rings. The van der Waals surface area contributed by atoms with Crippen LogP contribution < -0.4 is 5.01 Å². The molecular weight excluding hydrogens is 206 g/mol. The van der Waals surface area contributed by atoms with Gasteiger partial charge in [0.1, 0.15) is 0 Å². The molecule has 1 aromatic carbocycles. The van der Waals surface area contributed by atoms with Crippen LogP contribution in [0.2, 0.25) is 0 Å². The molecule has 0 aliphatic carbocycles. The smallest absolute Gasteiger partial charge is 0.335 e. The predicted octanol–water partition coefficient (Wildman–Crippen LogP) is 1.81. The van der Waals surface area contributed by atoms with Crippen LogP contribution in [-0.2, 0) is 9.53 Å². The number of hydrogen-bond acceptors (Lipinski definition) is 5. The summed E-state index contributed by atoms with van der Waals surface area (Å²) in [5.41, 5.74) is -0.00697. The zero-order chi connectivity index (χ0) is 11.6. The SMILES string of the molecule is COC(=O)C1(C)CN=NN1c1ccccc1. The maximum absolute atomic E-state index is 11.7. The Kier molecular flexibility index (Phi) is 2.60. The van der Waals surface area contributed by atoms with Crippen molar-refractivity contribution in [2.75, 3.05) is 18.7 Å². The van der Waals surface area contributed by atoms with Gasteiger partial charge in [-0.25, -0.2) is 9.80 Å². The van der Waals surface area contributed by atoms with Crippen LogP contribution >= 0.6 is 0 Å². The summed E-state index contributed by atoms with van der Waals surface area (Å²) < 4.78 is 4.79. The molecule has 1 aliphatic rings. The van der Waals surface area contributed by atoms with Gasteiger partial charge < -0.3 is 4.74 Å². The molecule has 1 unspecified atom stereocenters. The molecule has 1 aromatic rings. The Morgan fingerprint density at radius 2 is 2.12 bits per heavy atom. The van der Waals surface area contributed by atoms with Gasteiger partial charge in [0.15, 0.2) is 5.54 Å². The molecule has 0 saturated heterocycles. The van der Waals surface area contributed by atoms with Crippen molar-refractivity contribution >= 4 is 11.7 Å². The highest BCUT2D eigenvalue weighted by Crippen LogP contribution is 2.30. The van der Waals surface area contributed by atoms with E-state index >= 15 is 0 Å². The van der Waals surface area contributed by atoms with Crippen molar-refractivity contribution < 1.29 is 9.53 Å². The van der Waals surface area contributed by atoms with Gasteiger partial charge in [0.05, 0.1) is 19.3 Å². The summed E-state index contributed by atoms with van der Waals surface area (Å²) >= 11 is 0. The maximum atomic E-state index is 11.7. The molecule has 1 aliphatic heterocycles. The fourth-order valence-electron chi connectivity index (χ4n) is 1.67. The average molecular weight is 219 g/mol. The lowest BCUT2D eigenvalue weighted by Gasteiger charge is -2.29. The molecule has 1 heterocycles. The monoisotopic (exact) mass is 219 g/mol. The summed E-state index contributed by atoms with van der Waals surface area (Å²) in [7, 11) is 1.37. The molecule has 0 saturated carbocycles. The van der Waals surface area contributed by atoms with E-state index in [9.17, 15) is 4.79 Å². The van der Waals surface area contributed by atoms with Crippen molar-refractivity contribution in [3.8, 4) is 0 Å². The molecule has 0 radical (unpaired) electrons. The van der Waals surface area contributed by atoms with Gasteiger partial charge in [-0.3, -0.25) is 0 Å². The summed E-state index contributed by atoms with van der Waals surface area (Å²) in [5, 5.41) is 9.50. The van der Waals surface area contributed by atoms with E-state index in [0.29, 0.717) is 6.54 Å². The average Bonchev–Trinajstić information content (AvgIpc) is 2.72. The number of esters is 1. The number of benzene rings is 1. The van der Waals surface area contributed by atoms with Crippen molar-refractivity contribution in [2.24, 2.45) is 10.3 Å². The second kappa shape index (κ2) is 3.92. The number of ether oxygens (including phenoxy) is 1. The van der Waals surface area contributed by atoms with E-state index < -0.39 is 5.54 Å². The van der Waals surface area contributed by atoms with E-state index in [-0.39, 0.29) is 5.97 Å². The van der Waals surface area contributed by atoms with Crippen LogP contribution in [0.4, 0.5) is 5.69 Å². The summed E-state index contributed by atoms with van der Waals surface area (Å²) in [4.78, 5) is 11.7. The number of para-hydroxylation sites is 1. The van der Waals surface area contributed by atoms with E-state index in [1.807, 2.05) is 30.3 Å². The standard InChI is InChI=1S/C11H13N3O2/c1-11(10(15)16-2)8-12-13-14(11)9-6-4-3-5-7-9/h3-7H,8H2,1-2H3. The molecule has 0 aromatic heterocycles. The molecule has 0 bridgehead atoms. The van der Waals surface area contributed by atoms with Crippen LogP contribution in [0.3, 0.4) is 0 Å². The largest absolute Gasteiger partial charge is 0.467 e. The number of methoxy groups -OCH3 is 1. The summed E-state index contributed by atoms with van der Waals surface area (Å²) in [6.07, 6.45) is 0. The summed E-state index contributed by atoms with van der Waals surface area (Å²) in [6.45, 7) is 2.08. The number of rotatable bonds is 2. The van der Waals surface area contributed by atoms with E-state index in [4.69, 9.17) is 4.74 Å². The van der Waals surface area contributed by atoms with Gasteiger partial charge in [0, 0.05) is 0 Å². The van der Waals surface area contributed by atoms with Crippen LogP contribution in [0.1, 0.15) is 6.92 Å². The molecule has 0 amide bonds. The summed E-state index contributed by atoms with van der Waals surface area (Å²) in [5.74, 6) is -0.332. The lowest BCUT2D eigenvalue weighted by molar-refractivity contribution is -0.145. The van der Waals surface area contributed by atoms with Gasteiger partial charge in [-0.15, -0.1) is 0 Å². The molecule has 5 nitrogen and oxygen atoms in total. The highest BCUT2D eigenvalue weighted by Gasteiger charge is 2.45. The van der Waals surface area contributed by atoms with Gasteiger partial charge in [-0.2, -0.15) is 5.11 Å². The lowest BCUT2D eigenvalue weighted by atomic mass is 10.0. The Hall–Kier alpha value is -1.91. The van der Waals surface area contributed by atoms with E-state index in [1.165, 1.54) is 7.11 Å². The van der Waals surface area contributed by atoms with Crippen molar-refractivity contribution in [3.05, 3.63) is 30.3 Å². The van der Waals surface area contributed by atoms with Gasteiger partial charge in [-0.05, 0) is 19.1 Å². The number of hydrogen-bond donors (Lipinski definition) is 0. The van der Waals surface area contributed by atoms with Crippen LogP contribution in [0, 0.1) is 0 Å². The molecule has 2 rings (SSSR count). The number of nitrogens with zero attached hydrogens (tertiary/aromatic N) is 3. The number of anilines is 1. The minimum Gasteiger partial charge on any atom is -0.467 e. The molecule has 0 N–H and O–H groups in total. The Morgan fingerprint density at radius 3 is 2.75 bits per heavy atom. The highest BCUT2D eigenvalue weighted by molar-refractivity contribution is 5.85.